The van der Waals surface area contributed by atoms with Crippen molar-refractivity contribution >= 4 is 143 Å². The molecule has 17 rings (SSSR count). The Labute approximate surface area is 468 Å². The number of rotatable bonds is 8. The first-order chi connectivity index (χ1) is 40.6. The van der Waals surface area contributed by atoms with Gasteiger partial charge < -0.3 is 27.5 Å². The van der Waals surface area contributed by atoms with Crippen LogP contribution in [0.15, 0.2) is 279 Å². The molecule has 0 radical (unpaired) electrons. The third kappa shape index (κ3) is 6.95. The standard InChI is InChI=1S/C75H43N3O4/c76-44-65-72-63(61-39-47-33-35-53(37-49(47)41-68(61)79-72)77(51-21-9-3-10-22-51)66-31-15-29-59-57-27-13-25-55(70(57)81-74(59)66)45-17-5-1-6-18-45)43-64-62-40-48-34-36-54(38-50(48)42-69(62)80-73(64)65)78(52-23-11-4-12-24-52)67-32-16-30-60-58-28-14-26-56(71(58)82-75(60)67)46-19-7-2-8-20-46/h1-43H. The van der Waals surface area contributed by atoms with Gasteiger partial charge >= 0.3 is 0 Å². The summed E-state index contributed by atoms with van der Waals surface area (Å²) in [4.78, 5) is 4.52. The molecule has 0 saturated heterocycles. The lowest BCUT2D eigenvalue weighted by Gasteiger charge is -2.25. The number of benzene rings is 13. The topological polar surface area (TPSA) is 82.8 Å². The van der Waals surface area contributed by atoms with Crippen LogP contribution >= 0.6 is 0 Å². The van der Waals surface area contributed by atoms with Crippen molar-refractivity contribution in [2.75, 3.05) is 9.80 Å². The van der Waals surface area contributed by atoms with Crippen molar-refractivity contribution in [1.82, 2.24) is 0 Å². The molecule has 82 heavy (non-hydrogen) atoms. The van der Waals surface area contributed by atoms with E-state index in [1.165, 1.54) is 0 Å². The molecule has 7 heteroatoms. The molecular weight excluding hydrogens is 1010 g/mol. The van der Waals surface area contributed by atoms with E-state index in [1.807, 2.05) is 24.3 Å². The van der Waals surface area contributed by atoms with Crippen molar-refractivity contribution in [2.24, 2.45) is 0 Å². The summed E-state index contributed by atoms with van der Waals surface area (Å²) in [6, 6.07) is 93.3. The maximum Gasteiger partial charge on any atom is 0.159 e. The van der Waals surface area contributed by atoms with E-state index < -0.39 is 0 Å². The molecule has 0 N–H and O–H groups in total. The van der Waals surface area contributed by atoms with Crippen molar-refractivity contribution in [1.29, 1.82) is 5.26 Å². The lowest BCUT2D eigenvalue weighted by atomic mass is 10.0. The average molecular weight is 1050 g/mol. The summed E-state index contributed by atoms with van der Waals surface area (Å²) in [6.07, 6.45) is 0. The first-order valence-electron chi connectivity index (χ1n) is 27.4. The molecule has 4 heterocycles. The number of para-hydroxylation sites is 6. The third-order valence-corrected chi connectivity index (χ3v) is 16.4. The van der Waals surface area contributed by atoms with E-state index in [4.69, 9.17) is 17.7 Å². The Hall–Kier alpha value is -11.3. The van der Waals surface area contributed by atoms with Gasteiger partial charge in [0.2, 0.25) is 0 Å². The summed E-state index contributed by atoms with van der Waals surface area (Å²) >= 11 is 0. The average Bonchev–Trinajstić information content (AvgIpc) is 4.43. The molecule has 0 spiro atoms. The van der Waals surface area contributed by atoms with Crippen LogP contribution in [0.1, 0.15) is 5.56 Å². The second-order valence-corrected chi connectivity index (χ2v) is 21.0. The second kappa shape index (κ2) is 17.8. The third-order valence-electron chi connectivity index (χ3n) is 16.4. The van der Waals surface area contributed by atoms with E-state index in [1.54, 1.807) is 0 Å². The Balaban J connectivity index is 0.776. The number of fused-ring (bicyclic) bond motifs is 14. The molecule has 0 aliphatic rings. The first-order valence-corrected chi connectivity index (χ1v) is 27.4. The SMILES string of the molecule is N#Cc1c2oc3cc4cc(N(c5ccccc5)c5cccc6c5oc5c(-c7ccccc7)cccc56)ccc4cc3c2cc2c1oc1cc3cc(N(c4ccccc4)c4cccc5c4oc4c(-c6ccccc6)cccc45)ccc3cc12. The maximum absolute atomic E-state index is 11.0. The summed E-state index contributed by atoms with van der Waals surface area (Å²) in [5.41, 5.74) is 16.1. The van der Waals surface area contributed by atoms with Crippen LogP contribution in [0.3, 0.4) is 0 Å². The molecule has 0 aliphatic carbocycles. The molecule has 0 bridgehead atoms. The van der Waals surface area contributed by atoms with Gasteiger partial charge in [0.1, 0.15) is 34.0 Å². The summed E-state index contributed by atoms with van der Waals surface area (Å²) < 4.78 is 27.4. The summed E-state index contributed by atoms with van der Waals surface area (Å²) in [6.45, 7) is 0. The Morgan fingerprint density at radius 1 is 0.268 bits per heavy atom. The van der Waals surface area contributed by atoms with Crippen LogP contribution < -0.4 is 9.80 Å². The van der Waals surface area contributed by atoms with Gasteiger partial charge in [-0.25, -0.2) is 0 Å². The predicted molar refractivity (Wildman–Crippen MR) is 336 cm³/mol. The van der Waals surface area contributed by atoms with Gasteiger partial charge in [0.25, 0.3) is 0 Å². The van der Waals surface area contributed by atoms with E-state index in [0.717, 1.165) is 143 Å². The lowest BCUT2D eigenvalue weighted by Crippen LogP contribution is -2.10. The monoisotopic (exact) mass is 1050 g/mol. The van der Waals surface area contributed by atoms with E-state index in [2.05, 4.69) is 252 Å². The number of nitrogens with zero attached hydrogens (tertiary/aromatic N) is 3. The highest BCUT2D eigenvalue weighted by Gasteiger charge is 2.25. The Bertz CT molecular complexity index is 5150. The van der Waals surface area contributed by atoms with Crippen molar-refractivity contribution in [3.05, 3.63) is 266 Å². The van der Waals surface area contributed by atoms with Crippen molar-refractivity contribution in [2.45, 2.75) is 0 Å². The van der Waals surface area contributed by atoms with Gasteiger partial charge in [-0.2, -0.15) is 5.26 Å². The van der Waals surface area contributed by atoms with Crippen LogP contribution in [-0.2, 0) is 0 Å². The van der Waals surface area contributed by atoms with Crippen molar-refractivity contribution < 1.29 is 17.7 Å². The molecule has 0 aliphatic heterocycles. The molecule has 7 nitrogen and oxygen atoms in total. The van der Waals surface area contributed by atoms with Crippen LogP contribution in [0, 0.1) is 11.3 Å². The second-order valence-electron chi connectivity index (χ2n) is 21.0. The fourth-order valence-electron chi connectivity index (χ4n) is 12.6. The fourth-order valence-corrected chi connectivity index (χ4v) is 12.6. The Kier molecular flexibility index (Phi) is 9.94. The highest BCUT2D eigenvalue weighted by atomic mass is 16.3. The smallest absolute Gasteiger partial charge is 0.159 e. The minimum Gasteiger partial charge on any atom is -0.454 e. The molecule has 0 saturated carbocycles. The van der Waals surface area contributed by atoms with Crippen LogP contribution in [0.4, 0.5) is 34.1 Å². The molecule has 0 unspecified atom stereocenters. The predicted octanol–water partition coefficient (Wildman–Crippen LogP) is 21.7. The van der Waals surface area contributed by atoms with Crippen LogP contribution in [0.25, 0.3) is 132 Å². The van der Waals surface area contributed by atoms with Crippen LogP contribution in [0.2, 0.25) is 0 Å². The number of hydrogen-bond donors (Lipinski definition) is 0. The Morgan fingerprint density at radius 2 is 0.671 bits per heavy atom. The minimum absolute atomic E-state index is 0.364. The van der Waals surface area contributed by atoms with Gasteiger partial charge in [-0.1, -0.05) is 170 Å². The van der Waals surface area contributed by atoms with E-state index in [0.29, 0.717) is 27.9 Å². The summed E-state index contributed by atoms with van der Waals surface area (Å²) in [7, 11) is 0. The summed E-state index contributed by atoms with van der Waals surface area (Å²) in [5, 5.41) is 22.8. The zero-order valence-corrected chi connectivity index (χ0v) is 43.8. The van der Waals surface area contributed by atoms with Gasteiger partial charge in [-0.3, -0.25) is 0 Å². The van der Waals surface area contributed by atoms with Crippen molar-refractivity contribution in [3.8, 4) is 28.3 Å². The first kappa shape index (κ1) is 45.7. The van der Waals surface area contributed by atoms with E-state index in [-0.39, 0.29) is 0 Å². The number of anilines is 6. The molecule has 0 fully saturated rings. The molecule has 17 aromatic rings. The highest BCUT2D eigenvalue weighted by Crippen LogP contribution is 2.48. The minimum atomic E-state index is 0.364. The normalized spacial score (nSPS) is 11.9. The number of nitriles is 1. The lowest BCUT2D eigenvalue weighted by molar-refractivity contribution is 0.654. The zero-order chi connectivity index (χ0) is 54.0. The van der Waals surface area contributed by atoms with Crippen LogP contribution in [-0.4, -0.2) is 0 Å². The van der Waals surface area contributed by atoms with Gasteiger partial charge in [-0.15, -0.1) is 0 Å². The van der Waals surface area contributed by atoms with Crippen molar-refractivity contribution in [3.63, 3.8) is 0 Å². The van der Waals surface area contributed by atoms with Gasteiger partial charge in [0.15, 0.2) is 22.3 Å². The zero-order valence-electron chi connectivity index (χ0n) is 43.8. The molecule has 0 atom stereocenters. The Morgan fingerprint density at radius 3 is 1.10 bits per heavy atom. The highest BCUT2D eigenvalue weighted by molar-refractivity contribution is 6.21. The molecular formula is C75H43N3O4. The largest absolute Gasteiger partial charge is 0.454 e. The maximum atomic E-state index is 11.0. The molecule has 0 amide bonds. The number of furan rings is 4. The molecule has 4 aromatic heterocycles. The molecule has 13 aromatic carbocycles. The number of hydrogen-bond acceptors (Lipinski definition) is 7. The van der Waals surface area contributed by atoms with Gasteiger partial charge in [0.05, 0.1) is 11.4 Å². The van der Waals surface area contributed by atoms with E-state index >= 15 is 0 Å². The summed E-state index contributed by atoms with van der Waals surface area (Å²) in [5.74, 6) is 0. The van der Waals surface area contributed by atoms with Gasteiger partial charge in [0, 0.05) is 77.0 Å². The molecule has 382 valence electrons. The quantitative estimate of drug-likeness (QED) is 0.150. The fraction of sp³-hybridized carbons (Fsp3) is 0. The van der Waals surface area contributed by atoms with Crippen LogP contribution in [0.5, 0.6) is 0 Å². The van der Waals surface area contributed by atoms with Gasteiger partial charge in [-0.05, 0) is 124 Å². The van der Waals surface area contributed by atoms with E-state index in [9.17, 15) is 5.26 Å².